The summed E-state index contributed by atoms with van der Waals surface area (Å²) in [5, 5.41) is 1.48. The molecule has 3 rings (SSSR count). The third-order valence-electron chi connectivity index (χ3n) is 7.22. The molecule has 170 valence electrons. The lowest BCUT2D eigenvalue weighted by Crippen LogP contribution is -2.26. The first-order chi connectivity index (χ1) is 15.2. The van der Waals surface area contributed by atoms with Gasteiger partial charge in [0.2, 0.25) is 0 Å². The largest absolute Gasteiger partial charge is 0.0827 e. The molecule has 0 unspecified atom stereocenters. The van der Waals surface area contributed by atoms with Crippen LogP contribution in [0, 0.1) is 0 Å². The molecular formula is C29H40Cl2. The Kier molecular flexibility index (Phi) is 9.79. The van der Waals surface area contributed by atoms with Crippen LogP contribution in [0.25, 0.3) is 11.1 Å². The van der Waals surface area contributed by atoms with Crippen molar-refractivity contribution in [2.45, 2.75) is 109 Å². The first-order valence-corrected chi connectivity index (χ1v) is 13.5. The van der Waals surface area contributed by atoms with E-state index in [1.165, 1.54) is 112 Å². The van der Waals surface area contributed by atoms with Gasteiger partial charge in [-0.3, -0.25) is 0 Å². The van der Waals surface area contributed by atoms with Gasteiger partial charge in [-0.05, 0) is 41.2 Å². The molecule has 0 saturated carbocycles. The molecule has 0 aromatic heterocycles. The molecule has 2 aromatic carbocycles. The Morgan fingerprint density at radius 2 is 1.16 bits per heavy atom. The molecule has 0 heterocycles. The Balaban J connectivity index is 1.86. The summed E-state index contributed by atoms with van der Waals surface area (Å²) in [5.74, 6) is 0. The highest BCUT2D eigenvalue weighted by atomic mass is 35.5. The van der Waals surface area contributed by atoms with E-state index in [0.29, 0.717) is 5.02 Å². The maximum absolute atomic E-state index is 6.94. The number of unbranched alkanes of at least 4 members (excludes halogenated alkanes) is 10. The van der Waals surface area contributed by atoms with Crippen LogP contribution in [0.15, 0.2) is 36.4 Å². The molecule has 0 atom stereocenters. The molecular weight excluding hydrogens is 419 g/mol. The Bertz CT molecular complexity index is 807. The molecule has 31 heavy (non-hydrogen) atoms. The van der Waals surface area contributed by atoms with Gasteiger partial charge in [0.1, 0.15) is 0 Å². The summed E-state index contributed by atoms with van der Waals surface area (Å²) < 4.78 is 0. The van der Waals surface area contributed by atoms with Crippen LogP contribution in [0.1, 0.15) is 115 Å². The van der Waals surface area contributed by atoms with Gasteiger partial charge in [0, 0.05) is 5.41 Å². The van der Waals surface area contributed by atoms with Crippen molar-refractivity contribution in [3.05, 3.63) is 57.6 Å². The molecule has 0 nitrogen and oxygen atoms in total. The number of halogens is 2. The number of fused-ring (bicyclic) bond motifs is 3. The molecule has 0 N–H and O–H groups in total. The minimum absolute atomic E-state index is 0.0173. The third kappa shape index (κ3) is 5.69. The standard InChI is InChI=1S/C29H40Cl2/c1-3-5-7-9-11-15-21-29(22-16-12-10-8-6-4-2)25-18-14-13-17-23(25)24-19-20-26(30)28(31)27(24)29/h13-14,17-20H,3-12,15-16,21-22H2,1-2H3. The second-order valence-electron chi connectivity index (χ2n) is 9.45. The van der Waals surface area contributed by atoms with Crippen molar-refractivity contribution < 1.29 is 0 Å². The van der Waals surface area contributed by atoms with Crippen LogP contribution in [0.3, 0.4) is 0 Å². The zero-order chi connectivity index (χ0) is 22.1. The van der Waals surface area contributed by atoms with E-state index in [9.17, 15) is 0 Å². The number of hydrogen-bond donors (Lipinski definition) is 0. The lowest BCUT2D eigenvalue weighted by Gasteiger charge is -2.33. The van der Waals surface area contributed by atoms with Gasteiger partial charge >= 0.3 is 0 Å². The predicted molar refractivity (Wildman–Crippen MR) is 139 cm³/mol. The van der Waals surface area contributed by atoms with E-state index < -0.39 is 0 Å². The first-order valence-electron chi connectivity index (χ1n) is 12.7. The average Bonchev–Trinajstić information content (AvgIpc) is 3.06. The summed E-state index contributed by atoms with van der Waals surface area (Å²) in [6.07, 6.45) is 18.2. The van der Waals surface area contributed by atoms with Crippen molar-refractivity contribution >= 4 is 23.2 Å². The Morgan fingerprint density at radius 3 is 1.77 bits per heavy atom. The second-order valence-corrected chi connectivity index (χ2v) is 10.2. The molecule has 0 fully saturated rings. The van der Waals surface area contributed by atoms with Crippen molar-refractivity contribution in [1.82, 2.24) is 0 Å². The lowest BCUT2D eigenvalue weighted by atomic mass is 9.70. The zero-order valence-electron chi connectivity index (χ0n) is 19.6. The Morgan fingerprint density at radius 1 is 0.613 bits per heavy atom. The maximum atomic E-state index is 6.94. The molecule has 0 bridgehead atoms. The van der Waals surface area contributed by atoms with Crippen LogP contribution in [-0.2, 0) is 5.41 Å². The van der Waals surface area contributed by atoms with E-state index in [1.807, 2.05) is 6.07 Å². The average molecular weight is 460 g/mol. The maximum Gasteiger partial charge on any atom is 0.0639 e. The van der Waals surface area contributed by atoms with Crippen LogP contribution in [0.2, 0.25) is 10.0 Å². The minimum Gasteiger partial charge on any atom is -0.0827 e. The van der Waals surface area contributed by atoms with E-state index in [0.717, 1.165) is 5.02 Å². The van der Waals surface area contributed by atoms with E-state index in [-0.39, 0.29) is 5.41 Å². The highest BCUT2D eigenvalue weighted by molar-refractivity contribution is 6.43. The summed E-state index contributed by atoms with van der Waals surface area (Å²) in [5.41, 5.74) is 5.49. The monoisotopic (exact) mass is 458 g/mol. The summed E-state index contributed by atoms with van der Waals surface area (Å²) >= 11 is 13.5. The van der Waals surface area contributed by atoms with Crippen molar-refractivity contribution in [3.8, 4) is 11.1 Å². The zero-order valence-corrected chi connectivity index (χ0v) is 21.1. The fourth-order valence-corrected chi connectivity index (χ4v) is 6.07. The van der Waals surface area contributed by atoms with Gasteiger partial charge in [0.15, 0.2) is 0 Å². The highest BCUT2D eigenvalue weighted by Gasteiger charge is 2.44. The summed E-state index contributed by atoms with van der Waals surface area (Å²) in [6, 6.07) is 13.2. The summed E-state index contributed by atoms with van der Waals surface area (Å²) in [4.78, 5) is 0. The summed E-state index contributed by atoms with van der Waals surface area (Å²) in [6.45, 7) is 4.57. The molecule has 1 aliphatic rings. The van der Waals surface area contributed by atoms with Gasteiger partial charge in [-0.25, -0.2) is 0 Å². The molecule has 0 aliphatic heterocycles. The Labute approximate surface area is 200 Å². The van der Waals surface area contributed by atoms with Crippen LogP contribution in [-0.4, -0.2) is 0 Å². The second kappa shape index (κ2) is 12.3. The predicted octanol–water partition coefficient (Wildman–Crippen LogP) is 10.8. The molecule has 2 heteroatoms. The van der Waals surface area contributed by atoms with E-state index in [4.69, 9.17) is 23.2 Å². The van der Waals surface area contributed by atoms with Crippen molar-refractivity contribution in [2.75, 3.05) is 0 Å². The smallest absolute Gasteiger partial charge is 0.0639 e. The van der Waals surface area contributed by atoms with E-state index >= 15 is 0 Å². The molecule has 0 amide bonds. The van der Waals surface area contributed by atoms with Crippen molar-refractivity contribution in [3.63, 3.8) is 0 Å². The lowest BCUT2D eigenvalue weighted by molar-refractivity contribution is 0.398. The third-order valence-corrected chi connectivity index (χ3v) is 8.02. The quantitative estimate of drug-likeness (QED) is 0.246. The van der Waals surface area contributed by atoms with Crippen LogP contribution in [0.4, 0.5) is 0 Å². The van der Waals surface area contributed by atoms with Gasteiger partial charge in [0.25, 0.3) is 0 Å². The summed E-state index contributed by atoms with van der Waals surface area (Å²) in [7, 11) is 0. The minimum atomic E-state index is 0.0173. The van der Waals surface area contributed by atoms with Gasteiger partial charge in [-0.1, -0.05) is 144 Å². The van der Waals surface area contributed by atoms with Gasteiger partial charge in [0.05, 0.1) is 10.0 Å². The van der Waals surface area contributed by atoms with Crippen LogP contribution < -0.4 is 0 Å². The van der Waals surface area contributed by atoms with E-state index in [1.54, 1.807) is 0 Å². The van der Waals surface area contributed by atoms with Crippen LogP contribution >= 0.6 is 23.2 Å². The molecule has 0 spiro atoms. The SMILES string of the molecule is CCCCCCCCC1(CCCCCCCC)c2ccccc2-c2ccc(Cl)c(Cl)c21. The van der Waals surface area contributed by atoms with Crippen molar-refractivity contribution in [2.24, 2.45) is 0 Å². The Hall–Kier alpha value is -0.980. The van der Waals surface area contributed by atoms with Crippen molar-refractivity contribution in [1.29, 1.82) is 0 Å². The molecule has 0 radical (unpaired) electrons. The number of benzene rings is 2. The normalized spacial score (nSPS) is 13.9. The molecule has 2 aromatic rings. The van der Waals surface area contributed by atoms with Gasteiger partial charge in [-0.15, -0.1) is 0 Å². The number of hydrogen-bond acceptors (Lipinski definition) is 0. The van der Waals surface area contributed by atoms with E-state index in [2.05, 4.69) is 44.2 Å². The van der Waals surface area contributed by atoms with Gasteiger partial charge < -0.3 is 0 Å². The molecule has 0 saturated heterocycles. The fourth-order valence-electron chi connectivity index (χ4n) is 5.57. The van der Waals surface area contributed by atoms with Crippen LogP contribution in [0.5, 0.6) is 0 Å². The number of rotatable bonds is 14. The molecule has 1 aliphatic carbocycles. The first kappa shape index (κ1) is 24.7. The highest BCUT2D eigenvalue weighted by Crippen LogP contribution is 2.57. The topological polar surface area (TPSA) is 0 Å². The fraction of sp³-hybridized carbons (Fsp3) is 0.586. The van der Waals surface area contributed by atoms with Gasteiger partial charge in [-0.2, -0.15) is 0 Å².